The number of aliphatic hydroxyl groups is 1. The first kappa shape index (κ1) is 18.4. The first-order valence-electron chi connectivity index (χ1n) is 7.93. The first-order valence-corrected chi connectivity index (χ1v) is 7.93. The highest BCUT2D eigenvalue weighted by Crippen LogP contribution is 2.22. The average Bonchev–Trinajstić information content (AvgIpc) is 2.56. The molecule has 0 radical (unpaired) electrons. The van der Waals surface area contributed by atoms with Gasteiger partial charge in [0.2, 0.25) is 5.91 Å². The molecule has 3 atom stereocenters. The second kappa shape index (κ2) is 8.21. The zero-order valence-corrected chi connectivity index (χ0v) is 13.9. The van der Waals surface area contributed by atoms with E-state index in [2.05, 4.69) is 5.32 Å². The van der Waals surface area contributed by atoms with Crippen molar-refractivity contribution >= 4 is 11.8 Å². The molecule has 0 bridgehead atoms. The van der Waals surface area contributed by atoms with Crippen molar-refractivity contribution in [2.24, 2.45) is 0 Å². The number of hydrogen-bond acceptors (Lipinski definition) is 4. The van der Waals surface area contributed by atoms with Gasteiger partial charge in [-0.2, -0.15) is 0 Å². The van der Waals surface area contributed by atoms with Crippen LogP contribution >= 0.6 is 0 Å². The van der Waals surface area contributed by atoms with Gasteiger partial charge in [0.25, 0.3) is 5.91 Å². The van der Waals surface area contributed by atoms with E-state index in [0.717, 1.165) is 0 Å². The Hall–Kier alpha value is -1.99. The summed E-state index contributed by atoms with van der Waals surface area (Å²) in [7, 11) is 3.36. The number of halogens is 1. The van der Waals surface area contributed by atoms with Crippen molar-refractivity contribution in [2.45, 2.75) is 37.5 Å². The molecular formula is C17H23FN2O4. The van der Waals surface area contributed by atoms with Gasteiger partial charge in [-0.1, -0.05) is 0 Å². The minimum absolute atomic E-state index is 0.0366. The van der Waals surface area contributed by atoms with E-state index in [9.17, 15) is 19.1 Å². The molecule has 0 aromatic heterocycles. The van der Waals surface area contributed by atoms with Crippen LogP contribution in [0.15, 0.2) is 24.3 Å². The van der Waals surface area contributed by atoms with Crippen LogP contribution in [0.3, 0.4) is 0 Å². The molecule has 2 amide bonds. The van der Waals surface area contributed by atoms with E-state index in [0.29, 0.717) is 18.4 Å². The third-order valence-corrected chi connectivity index (χ3v) is 4.12. The lowest BCUT2D eigenvalue weighted by molar-refractivity contribution is -0.137. The third kappa shape index (κ3) is 4.75. The highest BCUT2D eigenvalue weighted by molar-refractivity contribution is 5.94. The Morgan fingerprint density at radius 1 is 1.29 bits per heavy atom. The van der Waals surface area contributed by atoms with Gasteiger partial charge in [-0.15, -0.1) is 0 Å². The van der Waals surface area contributed by atoms with Gasteiger partial charge in [0.05, 0.1) is 25.2 Å². The number of hydrogen-bond donors (Lipinski definition) is 2. The number of nitrogens with one attached hydrogen (secondary N) is 1. The smallest absolute Gasteiger partial charge is 0.251 e. The summed E-state index contributed by atoms with van der Waals surface area (Å²) in [5.74, 6) is -0.787. The fourth-order valence-corrected chi connectivity index (χ4v) is 2.68. The molecule has 7 heteroatoms. The summed E-state index contributed by atoms with van der Waals surface area (Å²) in [4.78, 5) is 25.5. The molecule has 132 valence electrons. The molecule has 0 aliphatic carbocycles. The molecule has 0 spiro atoms. The topological polar surface area (TPSA) is 78.9 Å². The number of carbonyl (C=O) groups excluding carboxylic acids is 2. The molecule has 1 fully saturated rings. The summed E-state index contributed by atoms with van der Waals surface area (Å²) in [6, 6.07) is 4.90. The summed E-state index contributed by atoms with van der Waals surface area (Å²) in [6.45, 7) is -0.249. The SMILES string of the molecule is CN(C)C(=O)C[C@@H]1CC[C@H](NC(=O)c2ccc(F)cc2)[C@H](CO)O1. The Labute approximate surface area is 140 Å². The Morgan fingerprint density at radius 2 is 1.96 bits per heavy atom. The number of aliphatic hydroxyl groups excluding tert-OH is 1. The zero-order valence-electron chi connectivity index (χ0n) is 13.9. The second-order valence-corrected chi connectivity index (χ2v) is 6.14. The van der Waals surface area contributed by atoms with Gasteiger partial charge in [0.1, 0.15) is 11.9 Å². The van der Waals surface area contributed by atoms with Crippen molar-refractivity contribution in [3.05, 3.63) is 35.6 Å². The number of nitrogens with zero attached hydrogens (tertiary/aromatic N) is 1. The quantitative estimate of drug-likeness (QED) is 0.838. The molecule has 0 saturated carbocycles. The average molecular weight is 338 g/mol. The third-order valence-electron chi connectivity index (χ3n) is 4.12. The van der Waals surface area contributed by atoms with Crippen molar-refractivity contribution in [3.8, 4) is 0 Å². The number of amides is 2. The summed E-state index contributed by atoms with van der Waals surface area (Å²) < 4.78 is 18.7. The zero-order chi connectivity index (χ0) is 17.7. The summed E-state index contributed by atoms with van der Waals surface area (Å²) in [6.07, 6.45) is 0.634. The Morgan fingerprint density at radius 3 is 2.54 bits per heavy atom. The molecule has 2 N–H and O–H groups in total. The molecule has 2 rings (SSSR count). The minimum Gasteiger partial charge on any atom is -0.394 e. The molecule has 1 aliphatic rings. The fourth-order valence-electron chi connectivity index (χ4n) is 2.68. The minimum atomic E-state index is -0.567. The molecule has 1 heterocycles. The van der Waals surface area contributed by atoms with Gasteiger partial charge in [0, 0.05) is 19.7 Å². The number of benzene rings is 1. The van der Waals surface area contributed by atoms with Crippen molar-refractivity contribution in [2.75, 3.05) is 20.7 Å². The van der Waals surface area contributed by atoms with Crippen molar-refractivity contribution < 1.29 is 23.8 Å². The van der Waals surface area contributed by atoms with E-state index in [1.165, 1.54) is 29.2 Å². The lowest BCUT2D eigenvalue weighted by atomic mass is 9.96. The number of carbonyl (C=O) groups is 2. The molecule has 1 saturated heterocycles. The predicted molar refractivity (Wildman–Crippen MR) is 85.9 cm³/mol. The molecule has 6 nitrogen and oxygen atoms in total. The van der Waals surface area contributed by atoms with Gasteiger partial charge in [-0.3, -0.25) is 9.59 Å². The molecule has 0 unspecified atom stereocenters. The van der Waals surface area contributed by atoms with E-state index in [4.69, 9.17) is 4.74 Å². The molecule has 1 aromatic rings. The van der Waals surface area contributed by atoms with Crippen molar-refractivity contribution in [1.82, 2.24) is 10.2 Å². The largest absolute Gasteiger partial charge is 0.394 e. The molecule has 1 aromatic carbocycles. The fraction of sp³-hybridized carbons (Fsp3) is 0.529. The van der Waals surface area contributed by atoms with Crippen LogP contribution in [0.2, 0.25) is 0 Å². The molecule has 24 heavy (non-hydrogen) atoms. The lowest BCUT2D eigenvalue weighted by Crippen LogP contribution is -2.51. The Balaban J connectivity index is 1.93. The highest BCUT2D eigenvalue weighted by Gasteiger charge is 2.33. The van der Waals surface area contributed by atoms with Gasteiger partial charge in [-0.25, -0.2) is 4.39 Å². The van der Waals surface area contributed by atoms with Crippen LogP contribution in [0.25, 0.3) is 0 Å². The second-order valence-electron chi connectivity index (χ2n) is 6.14. The predicted octanol–water partition coefficient (Wildman–Crippen LogP) is 0.942. The van der Waals surface area contributed by atoms with E-state index < -0.39 is 11.9 Å². The van der Waals surface area contributed by atoms with Crippen LogP contribution in [0.4, 0.5) is 4.39 Å². The maximum absolute atomic E-state index is 12.9. The Kier molecular flexibility index (Phi) is 6.28. The van der Waals surface area contributed by atoms with Gasteiger partial charge in [0.15, 0.2) is 0 Å². The van der Waals surface area contributed by atoms with E-state index in [1.54, 1.807) is 14.1 Å². The van der Waals surface area contributed by atoms with Crippen LogP contribution in [-0.2, 0) is 9.53 Å². The van der Waals surface area contributed by atoms with Crippen LogP contribution in [0.5, 0.6) is 0 Å². The number of rotatable bonds is 5. The normalized spacial score (nSPS) is 23.6. The lowest BCUT2D eigenvalue weighted by Gasteiger charge is -2.36. The summed E-state index contributed by atoms with van der Waals surface area (Å²) in [5, 5.41) is 12.3. The molecular weight excluding hydrogens is 315 g/mol. The van der Waals surface area contributed by atoms with Crippen LogP contribution < -0.4 is 5.32 Å². The van der Waals surface area contributed by atoms with Gasteiger partial charge >= 0.3 is 0 Å². The van der Waals surface area contributed by atoms with E-state index in [-0.39, 0.29) is 37.0 Å². The first-order chi connectivity index (χ1) is 11.4. The molecule has 1 aliphatic heterocycles. The van der Waals surface area contributed by atoms with Crippen LogP contribution in [0.1, 0.15) is 29.6 Å². The van der Waals surface area contributed by atoms with Gasteiger partial charge < -0.3 is 20.1 Å². The Bertz CT molecular complexity index is 576. The van der Waals surface area contributed by atoms with Crippen LogP contribution in [-0.4, -0.2) is 60.8 Å². The van der Waals surface area contributed by atoms with Crippen molar-refractivity contribution in [3.63, 3.8) is 0 Å². The maximum Gasteiger partial charge on any atom is 0.251 e. The van der Waals surface area contributed by atoms with E-state index >= 15 is 0 Å². The maximum atomic E-state index is 12.9. The van der Waals surface area contributed by atoms with Gasteiger partial charge in [-0.05, 0) is 37.1 Å². The standard InChI is InChI=1S/C17H23FN2O4/c1-20(2)16(22)9-13-7-8-14(15(10-21)24-13)19-17(23)11-3-5-12(18)6-4-11/h3-6,13-15,21H,7-10H2,1-2H3,(H,19,23)/t13-,14-,15-/m0/s1. The van der Waals surface area contributed by atoms with Crippen LogP contribution in [0, 0.1) is 5.82 Å². The van der Waals surface area contributed by atoms with Crippen molar-refractivity contribution in [1.29, 1.82) is 0 Å². The monoisotopic (exact) mass is 338 g/mol. The summed E-state index contributed by atoms with van der Waals surface area (Å²) >= 11 is 0. The number of ether oxygens (including phenoxy) is 1. The highest BCUT2D eigenvalue weighted by atomic mass is 19.1. The van der Waals surface area contributed by atoms with E-state index in [1.807, 2.05) is 0 Å². The summed E-state index contributed by atoms with van der Waals surface area (Å²) in [5.41, 5.74) is 0.345.